The lowest BCUT2D eigenvalue weighted by Gasteiger charge is -2.11. The van der Waals surface area contributed by atoms with Crippen molar-refractivity contribution >= 4 is 46.5 Å². The number of aryl methyl sites for hydroxylation is 3. The van der Waals surface area contributed by atoms with Crippen molar-refractivity contribution in [3.63, 3.8) is 0 Å². The molecule has 0 saturated carbocycles. The summed E-state index contributed by atoms with van der Waals surface area (Å²) >= 11 is 1.23. The number of amides is 3. The van der Waals surface area contributed by atoms with Gasteiger partial charge in [-0.15, -0.1) is 10.2 Å². The molecule has 1 aromatic heterocycles. The highest BCUT2D eigenvalue weighted by atomic mass is 32.2. The number of benzene rings is 2. The molecule has 3 amide bonds. The van der Waals surface area contributed by atoms with Gasteiger partial charge in [0.15, 0.2) is 5.16 Å². The molecule has 0 spiro atoms. The average molecular weight is 481 g/mol. The van der Waals surface area contributed by atoms with E-state index in [9.17, 15) is 14.4 Å². The Labute approximate surface area is 202 Å². The Morgan fingerprint density at radius 2 is 1.62 bits per heavy atom. The van der Waals surface area contributed by atoms with Crippen LogP contribution in [0.1, 0.15) is 29.4 Å². The lowest BCUT2D eigenvalue weighted by molar-refractivity contribution is -0.116. The number of thioether (sulfide) groups is 1. The molecular formula is C24H28N6O3S. The van der Waals surface area contributed by atoms with Crippen molar-refractivity contribution < 1.29 is 14.4 Å². The second-order valence-electron chi connectivity index (χ2n) is 8.00. The number of para-hydroxylation sites is 1. The number of hydrogen-bond acceptors (Lipinski definition) is 6. The highest BCUT2D eigenvalue weighted by molar-refractivity contribution is 7.99. The SMILES string of the molecule is CC(=O)Nc1cc(NC(=O)CSc2nnc(CC(=O)Nc3c(C)cccc3C)n2C)ccc1C. The molecule has 3 aromatic rings. The van der Waals surface area contributed by atoms with Crippen LogP contribution < -0.4 is 16.0 Å². The van der Waals surface area contributed by atoms with Crippen molar-refractivity contribution in [2.45, 2.75) is 39.3 Å². The Balaban J connectivity index is 1.56. The van der Waals surface area contributed by atoms with E-state index in [1.807, 2.05) is 45.0 Å². The summed E-state index contributed by atoms with van der Waals surface area (Å²) in [6.07, 6.45) is 0.0688. The van der Waals surface area contributed by atoms with Gasteiger partial charge in [0, 0.05) is 31.0 Å². The number of nitrogens with one attached hydrogen (secondary N) is 3. The second-order valence-corrected chi connectivity index (χ2v) is 8.94. The maximum absolute atomic E-state index is 12.5. The van der Waals surface area contributed by atoms with Gasteiger partial charge >= 0.3 is 0 Å². The minimum absolute atomic E-state index is 0.0688. The molecule has 0 saturated heterocycles. The van der Waals surface area contributed by atoms with Crippen molar-refractivity contribution in [2.75, 3.05) is 21.7 Å². The molecule has 0 bridgehead atoms. The van der Waals surface area contributed by atoms with E-state index in [0.717, 1.165) is 22.4 Å². The maximum Gasteiger partial charge on any atom is 0.234 e. The van der Waals surface area contributed by atoms with Crippen LogP contribution in [0.5, 0.6) is 0 Å². The molecule has 0 unspecified atom stereocenters. The fourth-order valence-electron chi connectivity index (χ4n) is 3.31. The van der Waals surface area contributed by atoms with Gasteiger partial charge in [-0.1, -0.05) is 36.0 Å². The van der Waals surface area contributed by atoms with Crippen LogP contribution >= 0.6 is 11.8 Å². The van der Waals surface area contributed by atoms with E-state index in [1.54, 1.807) is 23.7 Å². The molecule has 1 heterocycles. The quantitative estimate of drug-likeness (QED) is 0.424. The minimum Gasteiger partial charge on any atom is -0.326 e. The van der Waals surface area contributed by atoms with Crippen LogP contribution in [-0.4, -0.2) is 38.2 Å². The van der Waals surface area contributed by atoms with E-state index in [4.69, 9.17) is 0 Å². The monoisotopic (exact) mass is 480 g/mol. The van der Waals surface area contributed by atoms with Gasteiger partial charge in [-0.05, 0) is 49.6 Å². The smallest absolute Gasteiger partial charge is 0.234 e. The fraction of sp³-hybridized carbons (Fsp3) is 0.292. The Bertz CT molecular complexity index is 1220. The van der Waals surface area contributed by atoms with E-state index in [1.165, 1.54) is 18.7 Å². The van der Waals surface area contributed by atoms with Crippen molar-refractivity contribution in [1.29, 1.82) is 0 Å². The van der Waals surface area contributed by atoms with Crippen molar-refractivity contribution in [1.82, 2.24) is 14.8 Å². The van der Waals surface area contributed by atoms with Gasteiger partial charge in [0.25, 0.3) is 0 Å². The zero-order valence-corrected chi connectivity index (χ0v) is 20.7. The molecule has 2 aromatic carbocycles. The zero-order valence-electron chi connectivity index (χ0n) is 19.9. The summed E-state index contributed by atoms with van der Waals surface area (Å²) in [5.41, 5.74) is 4.92. The standard InChI is InChI=1S/C24H28N6O3S/c1-14-9-10-18(11-19(14)25-17(4)31)26-22(33)13-34-24-29-28-20(30(24)5)12-21(32)27-23-15(2)7-6-8-16(23)3/h6-11H,12-13H2,1-5H3,(H,25,31)(H,26,33)(H,27,32). The molecule has 0 fully saturated rings. The first-order valence-corrected chi connectivity index (χ1v) is 11.7. The number of aromatic nitrogens is 3. The van der Waals surface area contributed by atoms with Crippen molar-refractivity contribution in [3.8, 4) is 0 Å². The van der Waals surface area contributed by atoms with Gasteiger partial charge in [-0.3, -0.25) is 14.4 Å². The van der Waals surface area contributed by atoms with Gasteiger partial charge in [0.2, 0.25) is 17.7 Å². The Morgan fingerprint density at radius 3 is 2.29 bits per heavy atom. The second kappa shape index (κ2) is 11.0. The molecule has 9 nitrogen and oxygen atoms in total. The predicted octanol–water partition coefficient (Wildman–Crippen LogP) is 3.61. The van der Waals surface area contributed by atoms with Crippen LogP contribution in [0.25, 0.3) is 0 Å². The van der Waals surface area contributed by atoms with E-state index < -0.39 is 0 Å². The third-order valence-electron chi connectivity index (χ3n) is 5.15. The zero-order chi connectivity index (χ0) is 24.8. The Hall–Kier alpha value is -3.66. The van der Waals surface area contributed by atoms with E-state index in [2.05, 4.69) is 26.1 Å². The summed E-state index contributed by atoms with van der Waals surface area (Å²) in [6.45, 7) is 7.20. The van der Waals surface area contributed by atoms with Crippen LogP contribution in [-0.2, 0) is 27.9 Å². The lowest BCUT2D eigenvalue weighted by Crippen LogP contribution is -2.18. The van der Waals surface area contributed by atoms with Gasteiger partial charge in [-0.2, -0.15) is 0 Å². The predicted molar refractivity (Wildman–Crippen MR) is 134 cm³/mol. The largest absolute Gasteiger partial charge is 0.326 e. The fourth-order valence-corrected chi connectivity index (χ4v) is 4.04. The van der Waals surface area contributed by atoms with Crippen LogP contribution in [0.3, 0.4) is 0 Å². The van der Waals surface area contributed by atoms with Crippen LogP contribution in [0.15, 0.2) is 41.6 Å². The number of nitrogens with zero attached hydrogens (tertiary/aromatic N) is 3. The van der Waals surface area contributed by atoms with E-state index >= 15 is 0 Å². The van der Waals surface area contributed by atoms with Gasteiger partial charge < -0.3 is 20.5 Å². The Morgan fingerprint density at radius 1 is 0.912 bits per heavy atom. The summed E-state index contributed by atoms with van der Waals surface area (Å²) in [7, 11) is 1.77. The molecule has 0 aliphatic heterocycles. The summed E-state index contributed by atoms with van der Waals surface area (Å²) in [5.74, 6) is 0.0359. The van der Waals surface area contributed by atoms with Crippen molar-refractivity contribution in [3.05, 3.63) is 58.9 Å². The van der Waals surface area contributed by atoms with Crippen LogP contribution in [0.2, 0.25) is 0 Å². The number of carbonyl (C=O) groups is 3. The normalized spacial score (nSPS) is 10.6. The molecule has 34 heavy (non-hydrogen) atoms. The molecule has 0 atom stereocenters. The highest BCUT2D eigenvalue weighted by Crippen LogP contribution is 2.22. The molecule has 10 heteroatoms. The van der Waals surface area contributed by atoms with E-state index in [-0.39, 0.29) is 29.9 Å². The first-order valence-electron chi connectivity index (χ1n) is 10.7. The molecule has 0 radical (unpaired) electrons. The molecule has 178 valence electrons. The van der Waals surface area contributed by atoms with Gasteiger partial charge in [0.1, 0.15) is 5.82 Å². The summed E-state index contributed by atoms with van der Waals surface area (Å²) in [6, 6.07) is 11.2. The first-order chi connectivity index (χ1) is 16.1. The summed E-state index contributed by atoms with van der Waals surface area (Å²) in [4.78, 5) is 36.3. The number of rotatable bonds is 8. The summed E-state index contributed by atoms with van der Waals surface area (Å²) < 4.78 is 1.71. The Kier molecular flexibility index (Phi) is 8.06. The van der Waals surface area contributed by atoms with Crippen molar-refractivity contribution in [2.24, 2.45) is 7.05 Å². The topological polar surface area (TPSA) is 118 Å². The minimum atomic E-state index is -0.222. The van der Waals surface area contributed by atoms with Gasteiger partial charge in [-0.25, -0.2) is 0 Å². The van der Waals surface area contributed by atoms with Crippen LogP contribution in [0, 0.1) is 20.8 Å². The van der Waals surface area contributed by atoms with Crippen LogP contribution in [0.4, 0.5) is 17.1 Å². The highest BCUT2D eigenvalue weighted by Gasteiger charge is 2.16. The maximum atomic E-state index is 12.5. The summed E-state index contributed by atoms with van der Waals surface area (Å²) in [5, 5.41) is 17.3. The number of carbonyl (C=O) groups excluding carboxylic acids is 3. The third kappa shape index (κ3) is 6.44. The third-order valence-corrected chi connectivity index (χ3v) is 6.17. The first kappa shape index (κ1) is 25.0. The average Bonchev–Trinajstić information content (AvgIpc) is 3.10. The lowest BCUT2D eigenvalue weighted by atomic mass is 10.1. The number of hydrogen-bond donors (Lipinski definition) is 3. The molecule has 0 aliphatic rings. The molecule has 3 N–H and O–H groups in total. The van der Waals surface area contributed by atoms with E-state index in [0.29, 0.717) is 22.4 Å². The van der Waals surface area contributed by atoms with Gasteiger partial charge in [0.05, 0.1) is 12.2 Å². The molecular weight excluding hydrogens is 452 g/mol. The number of anilines is 3. The molecule has 0 aliphatic carbocycles. The molecule has 3 rings (SSSR count).